The van der Waals surface area contributed by atoms with Crippen LogP contribution in [0.25, 0.3) is 5.69 Å². The second-order valence-electron chi connectivity index (χ2n) is 5.38. The summed E-state index contributed by atoms with van der Waals surface area (Å²) in [5, 5.41) is 0.717. The van der Waals surface area contributed by atoms with Crippen LogP contribution in [0.3, 0.4) is 0 Å². The average Bonchev–Trinajstić information content (AvgIpc) is 2.67. The Balaban J connectivity index is 2.45. The summed E-state index contributed by atoms with van der Waals surface area (Å²) in [7, 11) is 0. The van der Waals surface area contributed by atoms with Crippen molar-refractivity contribution in [2.24, 2.45) is 5.73 Å². The summed E-state index contributed by atoms with van der Waals surface area (Å²) in [6.07, 6.45) is 4.37. The van der Waals surface area contributed by atoms with E-state index >= 15 is 0 Å². The first-order valence-corrected chi connectivity index (χ1v) is 6.31. The van der Waals surface area contributed by atoms with Crippen LogP contribution in [0.2, 0.25) is 5.02 Å². The van der Waals surface area contributed by atoms with E-state index in [1.807, 2.05) is 43.7 Å². The molecule has 0 atom stereocenters. The standard InChI is InChI=1S/C14H18ClN3/c1-10-4-5-12(15)13(6-10)18-9-17-8-11(18)7-14(2,3)16/h4-6,8-9H,7,16H2,1-3H3. The number of rotatable bonds is 3. The van der Waals surface area contributed by atoms with Crippen LogP contribution in [0.4, 0.5) is 0 Å². The summed E-state index contributed by atoms with van der Waals surface area (Å²) in [6.45, 7) is 6.05. The van der Waals surface area contributed by atoms with E-state index in [2.05, 4.69) is 11.1 Å². The minimum atomic E-state index is -0.270. The Bertz CT molecular complexity index is 552. The molecule has 0 radical (unpaired) electrons. The first-order valence-electron chi connectivity index (χ1n) is 5.93. The molecule has 0 saturated heterocycles. The van der Waals surface area contributed by atoms with Gasteiger partial charge in [-0.3, -0.25) is 0 Å². The molecule has 96 valence electrons. The van der Waals surface area contributed by atoms with Crippen molar-refractivity contribution < 1.29 is 0 Å². The minimum Gasteiger partial charge on any atom is -0.325 e. The third-order valence-corrected chi connectivity index (χ3v) is 3.03. The number of nitrogens with two attached hydrogens (primary N) is 1. The minimum absolute atomic E-state index is 0.270. The van der Waals surface area contributed by atoms with E-state index in [4.69, 9.17) is 17.3 Å². The van der Waals surface area contributed by atoms with Crippen LogP contribution in [-0.4, -0.2) is 15.1 Å². The van der Waals surface area contributed by atoms with Crippen LogP contribution in [0, 0.1) is 6.92 Å². The molecule has 0 aliphatic rings. The molecule has 2 N–H and O–H groups in total. The van der Waals surface area contributed by atoms with Gasteiger partial charge >= 0.3 is 0 Å². The predicted molar refractivity (Wildman–Crippen MR) is 75.3 cm³/mol. The third-order valence-electron chi connectivity index (χ3n) is 2.71. The summed E-state index contributed by atoms with van der Waals surface area (Å²) in [6, 6.07) is 5.95. The van der Waals surface area contributed by atoms with E-state index < -0.39 is 0 Å². The Labute approximate surface area is 113 Å². The normalized spacial score (nSPS) is 11.8. The van der Waals surface area contributed by atoms with Crippen LogP contribution in [0.5, 0.6) is 0 Å². The lowest BCUT2D eigenvalue weighted by atomic mass is 10.0. The topological polar surface area (TPSA) is 43.8 Å². The van der Waals surface area contributed by atoms with Crippen molar-refractivity contribution in [3.05, 3.63) is 47.0 Å². The Hall–Kier alpha value is -1.32. The van der Waals surface area contributed by atoms with Crippen molar-refractivity contribution in [1.29, 1.82) is 0 Å². The molecule has 0 fully saturated rings. The highest BCUT2D eigenvalue weighted by atomic mass is 35.5. The van der Waals surface area contributed by atoms with E-state index in [1.54, 1.807) is 6.33 Å². The first-order chi connectivity index (χ1) is 8.37. The van der Waals surface area contributed by atoms with Gasteiger partial charge in [0.2, 0.25) is 0 Å². The summed E-state index contributed by atoms with van der Waals surface area (Å²) >= 11 is 6.25. The van der Waals surface area contributed by atoms with Crippen LogP contribution in [-0.2, 0) is 6.42 Å². The molecule has 0 aliphatic heterocycles. The molecule has 2 aromatic rings. The zero-order valence-electron chi connectivity index (χ0n) is 10.9. The van der Waals surface area contributed by atoms with Crippen molar-refractivity contribution in [3.8, 4) is 5.69 Å². The van der Waals surface area contributed by atoms with Gasteiger partial charge in [0.15, 0.2) is 0 Å². The van der Waals surface area contributed by atoms with Crippen molar-refractivity contribution >= 4 is 11.6 Å². The van der Waals surface area contributed by atoms with Gasteiger partial charge in [0.05, 0.1) is 17.0 Å². The SMILES string of the molecule is Cc1ccc(Cl)c(-n2cncc2CC(C)(C)N)c1. The van der Waals surface area contributed by atoms with Crippen LogP contribution in [0.1, 0.15) is 25.1 Å². The highest BCUT2D eigenvalue weighted by Gasteiger charge is 2.16. The van der Waals surface area contributed by atoms with Gasteiger partial charge in [0, 0.05) is 23.9 Å². The van der Waals surface area contributed by atoms with E-state index in [9.17, 15) is 0 Å². The molecule has 0 bridgehead atoms. The van der Waals surface area contributed by atoms with Gasteiger partial charge in [0.25, 0.3) is 0 Å². The zero-order valence-corrected chi connectivity index (χ0v) is 11.7. The highest BCUT2D eigenvalue weighted by Crippen LogP contribution is 2.24. The molecule has 18 heavy (non-hydrogen) atoms. The Kier molecular flexibility index (Phi) is 3.46. The average molecular weight is 264 g/mol. The molecule has 0 saturated carbocycles. The third kappa shape index (κ3) is 2.92. The molecule has 0 unspecified atom stereocenters. The molecule has 4 heteroatoms. The van der Waals surface area contributed by atoms with Gasteiger partial charge in [-0.25, -0.2) is 4.98 Å². The summed E-state index contributed by atoms with van der Waals surface area (Å²) in [4.78, 5) is 4.20. The van der Waals surface area contributed by atoms with Crippen molar-refractivity contribution in [3.63, 3.8) is 0 Å². The highest BCUT2D eigenvalue weighted by molar-refractivity contribution is 6.32. The second kappa shape index (κ2) is 4.75. The fourth-order valence-corrected chi connectivity index (χ4v) is 2.15. The molecule has 3 nitrogen and oxygen atoms in total. The van der Waals surface area contributed by atoms with E-state index in [-0.39, 0.29) is 5.54 Å². The largest absolute Gasteiger partial charge is 0.325 e. The van der Waals surface area contributed by atoms with E-state index in [0.717, 1.165) is 22.8 Å². The lowest BCUT2D eigenvalue weighted by Crippen LogP contribution is -2.35. The van der Waals surface area contributed by atoms with E-state index in [1.165, 1.54) is 5.56 Å². The van der Waals surface area contributed by atoms with Gasteiger partial charge in [-0.2, -0.15) is 0 Å². The smallest absolute Gasteiger partial charge is 0.0994 e. The molecule has 0 aliphatic carbocycles. The van der Waals surface area contributed by atoms with Crippen LogP contribution in [0.15, 0.2) is 30.7 Å². The van der Waals surface area contributed by atoms with Crippen LogP contribution >= 0.6 is 11.6 Å². The molecule has 1 heterocycles. The number of nitrogens with zero attached hydrogens (tertiary/aromatic N) is 2. The molecule has 1 aromatic carbocycles. The molecule has 2 rings (SSSR count). The number of hydrogen-bond donors (Lipinski definition) is 1. The summed E-state index contributed by atoms with van der Waals surface area (Å²) in [5.74, 6) is 0. The number of hydrogen-bond acceptors (Lipinski definition) is 2. The number of aromatic nitrogens is 2. The molecular weight excluding hydrogens is 246 g/mol. The number of benzene rings is 1. The Morgan fingerprint density at radius 1 is 1.39 bits per heavy atom. The number of imidazole rings is 1. The van der Waals surface area contributed by atoms with E-state index in [0.29, 0.717) is 0 Å². The second-order valence-corrected chi connectivity index (χ2v) is 5.78. The summed E-state index contributed by atoms with van der Waals surface area (Å²) in [5.41, 5.74) is 8.98. The Morgan fingerprint density at radius 2 is 2.11 bits per heavy atom. The van der Waals surface area contributed by atoms with Crippen molar-refractivity contribution in [2.75, 3.05) is 0 Å². The lowest BCUT2D eigenvalue weighted by molar-refractivity contribution is 0.506. The predicted octanol–water partition coefficient (Wildman–Crippen LogP) is 3.11. The van der Waals surface area contributed by atoms with Crippen molar-refractivity contribution in [1.82, 2.24) is 9.55 Å². The van der Waals surface area contributed by atoms with Gasteiger partial charge in [-0.15, -0.1) is 0 Å². The van der Waals surface area contributed by atoms with Crippen LogP contribution < -0.4 is 5.73 Å². The molecule has 1 aromatic heterocycles. The molecular formula is C14H18ClN3. The Morgan fingerprint density at radius 3 is 2.78 bits per heavy atom. The monoisotopic (exact) mass is 263 g/mol. The molecule has 0 amide bonds. The maximum Gasteiger partial charge on any atom is 0.0994 e. The summed E-state index contributed by atoms with van der Waals surface area (Å²) < 4.78 is 2.00. The molecule has 0 spiro atoms. The zero-order chi connectivity index (χ0) is 13.3. The van der Waals surface area contributed by atoms with Gasteiger partial charge in [-0.1, -0.05) is 17.7 Å². The van der Waals surface area contributed by atoms with Gasteiger partial charge in [0.1, 0.15) is 0 Å². The quantitative estimate of drug-likeness (QED) is 0.925. The van der Waals surface area contributed by atoms with Gasteiger partial charge < -0.3 is 10.3 Å². The fourth-order valence-electron chi connectivity index (χ4n) is 1.94. The lowest BCUT2D eigenvalue weighted by Gasteiger charge is -2.19. The first kappa shape index (κ1) is 13.1. The van der Waals surface area contributed by atoms with Crippen molar-refractivity contribution in [2.45, 2.75) is 32.7 Å². The maximum absolute atomic E-state index is 6.25. The maximum atomic E-state index is 6.25. The number of aryl methyl sites for hydroxylation is 1. The number of halogens is 1. The van der Waals surface area contributed by atoms with Gasteiger partial charge in [-0.05, 0) is 38.5 Å². The fraction of sp³-hybridized carbons (Fsp3) is 0.357.